The molecule has 3 nitrogen and oxygen atoms in total. The highest BCUT2D eigenvalue weighted by atomic mass is 15.2. The zero-order chi connectivity index (χ0) is 34.5. The van der Waals surface area contributed by atoms with E-state index in [9.17, 15) is 5.26 Å². The van der Waals surface area contributed by atoms with E-state index in [1.54, 1.807) is 0 Å². The highest BCUT2D eigenvalue weighted by Crippen LogP contribution is 2.62. The molecule has 248 valence electrons. The summed E-state index contributed by atoms with van der Waals surface area (Å²) < 4.78 is 0. The van der Waals surface area contributed by atoms with Gasteiger partial charge >= 0.3 is 0 Å². The van der Waals surface area contributed by atoms with E-state index in [4.69, 9.17) is 6.57 Å². The number of nitrogens with zero attached hydrogens (tertiary/aromatic N) is 3. The molecule has 5 aromatic rings. The second kappa shape index (κ2) is 14.6. The van der Waals surface area contributed by atoms with Crippen molar-refractivity contribution in [2.45, 2.75) is 83.5 Å². The third-order valence-electron chi connectivity index (χ3n) is 10.7. The van der Waals surface area contributed by atoms with Crippen LogP contribution in [0.5, 0.6) is 0 Å². The van der Waals surface area contributed by atoms with Gasteiger partial charge in [-0.2, -0.15) is 0 Å². The van der Waals surface area contributed by atoms with Crippen LogP contribution < -0.4 is 4.90 Å². The number of para-hydroxylation sites is 1. The van der Waals surface area contributed by atoms with Gasteiger partial charge in [0.05, 0.1) is 29.4 Å². The number of hydrogen-bond acceptors (Lipinski definition) is 2. The molecule has 0 bridgehead atoms. The molecule has 3 heteroatoms. The maximum atomic E-state index is 10.3. The Balaban J connectivity index is 1.59. The maximum absolute atomic E-state index is 10.3. The van der Waals surface area contributed by atoms with Crippen LogP contribution in [0.1, 0.15) is 110 Å². The van der Waals surface area contributed by atoms with E-state index in [-0.39, 0.29) is 5.70 Å². The molecule has 50 heavy (non-hydrogen) atoms. The van der Waals surface area contributed by atoms with Crippen LogP contribution in [0.2, 0.25) is 0 Å². The molecule has 0 unspecified atom stereocenters. The number of nitriles is 1. The van der Waals surface area contributed by atoms with Crippen molar-refractivity contribution in [3.8, 4) is 6.07 Å². The number of rotatable bonds is 11. The Morgan fingerprint density at radius 1 is 0.620 bits per heavy atom. The van der Waals surface area contributed by atoms with Crippen LogP contribution in [0.3, 0.4) is 0 Å². The van der Waals surface area contributed by atoms with Gasteiger partial charge in [-0.25, -0.2) is 10.1 Å². The Morgan fingerprint density at radius 2 is 1.12 bits per heavy atom. The number of benzene rings is 5. The summed E-state index contributed by atoms with van der Waals surface area (Å²) in [7, 11) is 0. The first-order valence-corrected chi connectivity index (χ1v) is 18.5. The first-order chi connectivity index (χ1) is 24.7. The molecule has 0 saturated heterocycles. The van der Waals surface area contributed by atoms with Gasteiger partial charge in [0.15, 0.2) is 0 Å². The minimum atomic E-state index is -0.659. The van der Waals surface area contributed by atoms with Gasteiger partial charge in [0, 0.05) is 11.3 Å². The number of aryl methyl sites for hydroxylation is 2. The summed E-state index contributed by atoms with van der Waals surface area (Å²) in [6.07, 6.45) is 11.8. The van der Waals surface area contributed by atoms with Crippen LogP contribution >= 0.6 is 0 Å². The van der Waals surface area contributed by atoms with E-state index in [2.05, 4.69) is 145 Å². The lowest BCUT2D eigenvalue weighted by molar-refractivity contribution is 0.661. The first-order valence-electron chi connectivity index (χ1n) is 18.5. The standard InChI is InChI=1S/C47H45N3/c1-4-6-8-11-19-34-27-29-44-41(31-34)47(39-25-17-15-23-37(39)46(43(33-48)49-3)38-24-16-18-26-40(38)47)42-32-35(20-12-9-7-5-2)28-30-45(42)50(44)36-21-13-10-14-22-36/h10,13-18,21-32H,4-9,11-12,19-20H2,1-2H3. The number of allylic oxidation sites excluding steroid dienone is 1. The first kappa shape index (κ1) is 33.1. The van der Waals surface area contributed by atoms with Crippen LogP contribution in [-0.4, -0.2) is 0 Å². The summed E-state index contributed by atoms with van der Waals surface area (Å²) in [5, 5.41) is 10.3. The Bertz CT molecular complexity index is 1990. The molecule has 0 atom stereocenters. The molecule has 1 aliphatic carbocycles. The summed E-state index contributed by atoms with van der Waals surface area (Å²) >= 11 is 0. The van der Waals surface area contributed by atoms with Crippen LogP contribution in [0, 0.1) is 17.9 Å². The van der Waals surface area contributed by atoms with Crippen molar-refractivity contribution < 1.29 is 0 Å². The maximum Gasteiger partial charge on any atom is 0.270 e. The molecule has 0 radical (unpaired) electrons. The molecule has 0 aromatic heterocycles. The number of unbranched alkanes of at least 4 members (excludes halogenated alkanes) is 6. The van der Waals surface area contributed by atoms with Gasteiger partial charge in [0.2, 0.25) is 0 Å². The van der Waals surface area contributed by atoms with Crippen LogP contribution in [0.15, 0.2) is 121 Å². The third-order valence-corrected chi connectivity index (χ3v) is 10.7. The SMILES string of the molecule is [C-]#[N+]C(C#N)=C1c2ccccc2C2(c3ccccc31)c1cc(CCCCCC)ccc1N(c1ccccc1)c1ccc(CCCCCC)cc12. The summed E-state index contributed by atoms with van der Waals surface area (Å²) in [5.41, 5.74) is 13.1. The van der Waals surface area contributed by atoms with Gasteiger partial charge in [-0.05, 0) is 94.5 Å². The van der Waals surface area contributed by atoms with E-state index >= 15 is 0 Å². The summed E-state index contributed by atoms with van der Waals surface area (Å²) in [4.78, 5) is 6.24. The largest absolute Gasteiger partial charge is 0.310 e. The second-order valence-electron chi connectivity index (χ2n) is 13.8. The van der Waals surface area contributed by atoms with Crippen molar-refractivity contribution in [3.05, 3.63) is 177 Å². The van der Waals surface area contributed by atoms with Gasteiger partial charge in [-0.15, -0.1) is 0 Å². The lowest BCUT2D eigenvalue weighted by Crippen LogP contribution is -2.41. The van der Waals surface area contributed by atoms with E-state index in [0.717, 1.165) is 59.2 Å². The predicted molar refractivity (Wildman–Crippen MR) is 207 cm³/mol. The van der Waals surface area contributed by atoms with Crippen molar-refractivity contribution in [2.75, 3.05) is 4.90 Å². The van der Waals surface area contributed by atoms with Gasteiger partial charge < -0.3 is 4.90 Å². The third kappa shape index (κ3) is 5.62. The Morgan fingerprint density at radius 3 is 1.60 bits per heavy atom. The molecular weight excluding hydrogens is 607 g/mol. The van der Waals surface area contributed by atoms with Gasteiger partial charge in [-0.3, -0.25) is 0 Å². The summed E-state index contributed by atoms with van der Waals surface area (Å²) in [5.74, 6) is 0. The van der Waals surface area contributed by atoms with Gasteiger partial charge in [0.1, 0.15) is 0 Å². The molecule has 0 N–H and O–H groups in total. The van der Waals surface area contributed by atoms with Crippen molar-refractivity contribution >= 4 is 22.6 Å². The fourth-order valence-corrected chi connectivity index (χ4v) is 8.43. The van der Waals surface area contributed by atoms with Crippen molar-refractivity contribution in [1.29, 1.82) is 5.26 Å². The monoisotopic (exact) mass is 651 g/mol. The lowest BCUT2D eigenvalue weighted by atomic mass is 9.56. The van der Waals surface area contributed by atoms with Crippen molar-refractivity contribution in [2.24, 2.45) is 0 Å². The zero-order valence-electron chi connectivity index (χ0n) is 29.4. The Kier molecular flexibility index (Phi) is 9.69. The molecule has 7 rings (SSSR count). The Labute approximate surface area is 298 Å². The van der Waals surface area contributed by atoms with Crippen molar-refractivity contribution in [3.63, 3.8) is 0 Å². The fraction of sp³-hybridized carbons (Fsp3) is 0.277. The van der Waals surface area contributed by atoms with Crippen LogP contribution in [0.25, 0.3) is 10.4 Å². The van der Waals surface area contributed by atoms with E-state index in [1.165, 1.54) is 72.2 Å². The molecule has 5 aromatic carbocycles. The van der Waals surface area contributed by atoms with E-state index in [0.29, 0.717) is 0 Å². The van der Waals surface area contributed by atoms with Crippen LogP contribution in [0.4, 0.5) is 17.1 Å². The number of anilines is 3. The molecule has 1 aliphatic heterocycles. The molecular formula is C47H45N3. The summed E-state index contributed by atoms with van der Waals surface area (Å²) in [6, 6.07) is 44.4. The van der Waals surface area contributed by atoms with Crippen LogP contribution in [-0.2, 0) is 18.3 Å². The smallest absolute Gasteiger partial charge is 0.270 e. The molecule has 0 fully saturated rings. The van der Waals surface area contributed by atoms with Gasteiger partial charge in [0.25, 0.3) is 5.70 Å². The lowest BCUT2D eigenvalue weighted by Gasteiger charge is -2.50. The van der Waals surface area contributed by atoms with E-state index in [1.807, 2.05) is 0 Å². The second-order valence-corrected chi connectivity index (χ2v) is 13.8. The topological polar surface area (TPSA) is 31.4 Å². The zero-order valence-corrected chi connectivity index (χ0v) is 29.4. The molecule has 1 heterocycles. The molecule has 0 amide bonds. The molecule has 2 aliphatic rings. The number of hydrogen-bond donors (Lipinski definition) is 0. The minimum absolute atomic E-state index is 0.135. The van der Waals surface area contributed by atoms with Crippen molar-refractivity contribution in [1.82, 2.24) is 0 Å². The minimum Gasteiger partial charge on any atom is -0.310 e. The summed E-state index contributed by atoms with van der Waals surface area (Å²) in [6.45, 7) is 12.6. The highest BCUT2D eigenvalue weighted by Gasteiger charge is 2.51. The predicted octanol–water partition coefficient (Wildman–Crippen LogP) is 12.6. The quantitative estimate of drug-likeness (QED) is 0.0792. The average Bonchev–Trinajstić information content (AvgIpc) is 3.17. The Hall–Kier alpha value is -5.38. The highest BCUT2D eigenvalue weighted by molar-refractivity contribution is 5.98. The van der Waals surface area contributed by atoms with E-state index < -0.39 is 5.41 Å². The fourth-order valence-electron chi connectivity index (χ4n) is 8.43. The molecule has 1 spiro atoms. The average molecular weight is 652 g/mol. The number of fused-ring (bicyclic) bond motifs is 8. The van der Waals surface area contributed by atoms with Gasteiger partial charge in [-0.1, -0.05) is 143 Å². The normalized spacial score (nSPS) is 13.4. The molecule has 0 saturated carbocycles.